The van der Waals surface area contributed by atoms with Crippen LogP contribution in [0.3, 0.4) is 0 Å². The van der Waals surface area contributed by atoms with Gasteiger partial charge in [-0.15, -0.1) is 0 Å². The molecule has 0 saturated heterocycles. The Bertz CT molecular complexity index is 509. The van der Waals surface area contributed by atoms with E-state index in [1.54, 1.807) is 7.11 Å². The van der Waals surface area contributed by atoms with Crippen LogP contribution in [0.5, 0.6) is 0 Å². The molecule has 0 heterocycles. The third-order valence-corrected chi connectivity index (χ3v) is 3.46. The molecule has 19 heavy (non-hydrogen) atoms. The molecular formula is C17H23NO. The number of hydrogen-bond acceptors (Lipinski definition) is 2. The van der Waals surface area contributed by atoms with Gasteiger partial charge >= 0.3 is 0 Å². The molecule has 0 amide bonds. The molecule has 0 aliphatic heterocycles. The molecule has 0 aromatic heterocycles. The molecule has 0 bridgehead atoms. The van der Waals surface area contributed by atoms with Gasteiger partial charge in [-0.2, -0.15) is 0 Å². The second kappa shape index (κ2) is 7.27. The van der Waals surface area contributed by atoms with Crippen LogP contribution in [0.1, 0.15) is 18.9 Å². The molecule has 0 spiro atoms. The summed E-state index contributed by atoms with van der Waals surface area (Å²) in [5, 5.41) is 6.16. The van der Waals surface area contributed by atoms with Crippen molar-refractivity contribution < 1.29 is 4.74 Å². The lowest BCUT2D eigenvalue weighted by molar-refractivity contribution is 0.183. The third-order valence-electron chi connectivity index (χ3n) is 3.46. The predicted molar refractivity (Wildman–Crippen MR) is 81.6 cm³/mol. The van der Waals surface area contributed by atoms with E-state index in [1.807, 2.05) is 0 Å². The Morgan fingerprint density at radius 2 is 1.89 bits per heavy atom. The highest BCUT2D eigenvalue weighted by molar-refractivity contribution is 5.82. The summed E-state index contributed by atoms with van der Waals surface area (Å²) in [7, 11) is 1.76. The van der Waals surface area contributed by atoms with Crippen LogP contribution < -0.4 is 5.32 Å². The second-order valence-corrected chi connectivity index (χ2v) is 4.92. The zero-order chi connectivity index (χ0) is 13.5. The molecule has 0 fully saturated rings. The first-order valence-corrected chi connectivity index (χ1v) is 7.03. The quantitative estimate of drug-likeness (QED) is 0.821. The number of fused-ring (bicyclic) bond motifs is 1. The largest absolute Gasteiger partial charge is 0.385 e. The second-order valence-electron chi connectivity index (χ2n) is 4.92. The fraction of sp³-hybridized carbons (Fsp3) is 0.412. The van der Waals surface area contributed by atoms with Crippen molar-refractivity contribution in [2.24, 2.45) is 0 Å². The monoisotopic (exact) mass is 257 g/mol. The molecule has 2 aromatic rings. The van der Waals surface area contributed by atoms with Gasteiger partial charge in [0, 0.05) is 19.8 Å². The van der Waals surface area contributed by atoms with Gasteiger partial charge < -0.3 is 10.1 Å². The Morgan fingerprint density at radius 1 is 1.11 bits per heavy atom. The van der Waals surface area contributed by atoms with Crippen molar-refractivity contribution in [3.63, 3.8) is 0 Å². The molecule has 1 atom stereocenters. The smallest absolute Gasteiger partial charge is 0.0477 e. The van der Waals surface area contributed by atoms with Gasteiger partial charge in [-0.1, -0.05) is 49.4 Å². The highest BCUT2D eigenvalue weighted by Gasteiger charge is 2.08. The van der Waals surface area contributed by atoms with E-state index < -0.39 is 0 Å². The Morgan fingerprint density at radius 3 is 2.63 bits per heavy atom. The number of rotatable bonds is 7. The summed E-state index contributed by atoms with van der Waals surface area (Å²) >= 11 is 0. The van der Waals surface area contributed by atoms with Crippen molar-refractivity contribution in [1.29, 1.82) is 0 Å². The van der Waals surface area contributed by atoms with Crippen LogP contribution in [-0.2, 0) is 11.2 Å². The van der Waals surface area contributed by atoms with E-state index in [4.69, 9.17) is 4.74 Å². The van der Waals surface area contributed by atoms with E-state index in [2.05, 4.69) is 54.7 Å². The van der Waals surface area contributed by atoms with Crippen LogP contribution in [0.4, 0.5) is 0 Å². The Balaban J connectivity index is 2.09. The molecule has 0 radical (unpaired) electrons. The van der Waals surface area contributed by atoms with Crippen molar-refractivity contribution in [3.8, 4) is 0 Å². The lowest BCUT2D eigenvalue weighted by Gasteiger charge is -2.17. The summed E-state index contributed by atoms with van der Waals surface area (Å²) in [4.78, 5) is 0. The van der Waals surface area contributed by atoms with Crippen LogP contribution in [0.25, 0.3) is 10.8 Å². The number of likely N-dealkylation sites (N-methyl/N-ethyl adjacent to an activating group) is 1. The lowest BCUT2D eigenvalue weighted by atomic mass is 10.00. The normalized spacial score (nSPS) is 12.7. The third kappa shape index (κ3) is 4.05. The predicted octanol–water partition coefficient (Wildman–Crippen LogP) is 3.40. The van der Waals surface area contributed by atoms with Gasteiger partial charge in [-0.05, 0) is 35.7 Å². The highest BCUT2D eigenvalue weighted by atomic mass is 16.5. The first-order valence-electron chi connectivity index (χ1n) is 7.03. The van der Waals surface area contributed by atoms with Crippen LogP contribution in [0.2, 0.25) is 0 Å². The van der Waals surface area contributed by atoms with Crippen molar-refractivity contribution in [2.75, 3.05) is 20.3 Å². The van der Waals surface area contributed by atoms with Crippen molar-refractivity contribution in [2.45, 2.75) is 25.8 Å². The van der Waals surface area contributed by atoms with Crippen LogP contribution >= 0.6 is 0 Å². The first-order chi connectivity index (χ1) is 9.33. The molecule has 102 valence electrons. The van der Waals surface area contributed by atoms with Crippen LogP contribution in [0.15, 0.2) is 42.5 Å². The van der Waals surface area contributed by atoms with Gasteiger partial charge in [0.2, 0.25) is 0 Å². The summed E-state index contributed by atoms with van der Waals surface area (Å²) in [5.41, 5.74) is 1.39. The lowest BCUT2D eigenvalue weighted by Crippen LogP contribution is -2.32. The maximum absolute atomic E-state index is 5.19. The average Bonchev–Trinajstić information content (AvgIpc) is 2.45. The molecular weight excluding hydrogens is 234 g/mol. The zero-order valence-electron chi connectivity index (χ0n) is 11.9. The highest BCUT2D eigenvalue weighted by Crippen LogP contribution is 2.17. The summed E-state index contributed by atoms with van der Waals surface area (Å²) in [6, 6.07) is 15.8. The maximum atomic E-state index is 5.19. The molecule has 1 unspecified atom stereocenters. The van der Waals surface area contributed by atoms with Gasteiger partial charge in [0.05, 0.1) is 0 Å². The first kappa shape index (κ1) is 14.0. The van der Waals surface area contributed by atoms with E-state index >= 15 is 0 Å². The Labute approximate surface area is 115 Å². The van der Waals surface area contributed by atoms with Crippen molar-refractivity contribution in [1.82, 2.24) is 5.32 Å². The standard InChI is InChI=1S/C17H23NO/c1-3-18-17(10-11-19-2)13-14-8-9-15-6-4-5-7-16(15)12-14/h4-9,12,17-18H,3,10-11,13H2,1-2H3. The van der Waals surface area contributed by atoms with Crippen LogP contribution in [0, 0.1) is 0 Å². The van der Waals surface area contributed by atoms with E-state index in [0.717, 1.165) is 26.0 Å². The van der Waals surface area contributed by atoms with Gasteiger partial charge in [0.1, 0.15) is 0 Å². The number of benzene rings is 2. The van der Waals surface area contributed by atoms with E-state index in [1.165, 1.54) is 16.3 Å². The van der Waals surface area contributed by atoms with E-state index in [0.29, 0.717) is 6.04 Å². The topological polar surface area (TPSA) is 21.3 Å². The zero-order valence-corrected chi connectivity index (χ0v) is 11.9. The van der Waals surface area contributed by atoms with E-state index in [-0.39, 0.29) is 0 Å². The number of nitrogens with one attached hydrogen (secondary N) is 1. The minimum Gasteiger partial charge on any atom is -0.385 e. The number of methoxy groups -OCH3 is 1. The SMILES string of the molecule is CCNC(CCOC)Cc1ccc2ccccc2c1. The van der Waals surface area contributed by atoms with Gasteiger partial charge in [0.25, 0.3) is 0 Å². The molecule has 1 N–H and O–H groups in total. The molecule has 2 nitrogen and oxygen atoms in total. The number of ether oxygens (including phenoxy) is 1. The molecule has 0 aliphatic carbocycles. The maximum Gasteiger partial charge on any atom is 0.0477 e. The van der Waals surface area contributed by atoms with Gasteiger partial charge in [0.15, 0.2) is 0 Å². The summed E-state index contributed by atoms with van der Waals surface area (Å²) < 4.78 is 5.19. The van der Waals surface area contributed by atoms with Crippen LogP contribution in [-0.4, -0.2) is 26.3 Å². The molecule has 2 rings (SSSR count). The van der Waals surface area contributed by atoms with Crippen molar-refractivity contribution >= 4 is 10.8 Å². The summed E-state index contributed by atoms with van der Waals surface area (Å²) in [6.45, 7) is 3.97. The van der Waals surface area contributed by atoms with Crippen molar-refractivity contribution in [3.05, 3.63) is 48.0 Å². The molecule has 0 saturated carbocycles. The fourth-order valence-corrected chi connectivity index (χ4v) is 2.48. The average molecular weight is 257 g/mol. The Hall–Kier alpha value is -1.38. The molecule has 0 aliphatic rings. The summed E-state index contributed by atoms with van der Waals surface area (Å²) in [6.07, 6.45) is 2.11. The minimum atomic E-state index is 0.492. The Kier molecular flexibility index (Phi) is 5.37. The number of hydrogen-bond donors (Lipinski definition) is 1. The fourth-order valence-electron chi connectivity index (χ4n) is 2.48. The summed E-state index contributed by atoms with van der Waals surface area (Å²) in [5.74, 6) is 0. The van der Waals surface area contributed by atoms with Gasteiger partial charge in [-0.3, -0.25) is 0 Å². The van der Waals surface area contributed by atoms with Gasteiger partial charge in [-0.25, -0.2) is 0 Å². The minimum absolute atomic E-state index is 0.492. The molecule has 2 aromatic carbocycles. The van der Waals surface area contributed by atoms with E-state index in [9.17, 15) is 0 Å². The molecule has 2 heteroatoms.